The molecule has 6 aliphatic carbocycles. The number of carbonyl (C=O) groups excluding carboxylic acids is 2. The van der Waals surface area contributed by atoms with E-state index in [-0.39, 0.29) is 23.0 Å². The van der Waals surface area contributed by atoms with Crippen molar-refractivity contribution in [1.29, 1.82) is 0 Å². The van der Waals surface area contributed by atoms with Crippen molar-refractivity contribution < 1.29 is 86.5 Å². The molecule has 2 heterocycles. The molecule has 0 bridgehead atoms. The number of phenols is 1. The number of hydrogen-bond donors (Lipinski definition) is 3. The molecule has 4 aromatic rings. The van der Waals surface area contributed by atoms with Crippen LogP contribution < -0.4 is 23.7 Å². The average molecular weight is 1260 g/mol. The lowest BCUT2D eigenvalue weighted by atomic mass is 9.55. The third-order valence-corrected chi connectivity index (χ3v) is 20.3. The molecule has 3 N–H and O–H groups in total. The van der Waals surface area contributed by atoms with Crippen molar-refractivity contribution in [2.75, 3.05) is 132 Å². The molecule has 4 saturated carbocycles. The molecule has 19 heteroatoms. The van der Waals surface area contributed by atoms with E-state index >= 15 is 0 Å². The molecule has 0 unspecified atom stereocenters. The van der Waals surface area contributed by atoms with E-state index in [0.717, 1.165) is 63.7 Å². The van der Waals surface area contributed by atoms with E-state index in [2.05, 4.69) is 26.0 Å². The summed E-state index contributed by atoms with van der Waals surface area (Å²) in [7, 11) is 0. The summed E-state index contributed by atoms with van der Waals surface area (Å²) in [5, 5.41) is 30.2. The normalized spacial score (nSPS) is 29.8. The van der Waals surface area contributed by atoms with Crippen LogP contribution in [0.15, 0.2) is 72.8 Å². The topological polar surface area (TPSA) is 215 Å². The Labute approximate surface area is 529 Å². The van der Waals surface area contributed by atoms with Crippen molar-refractivity contribution in [3.8, 4) is 34.5 Å². The SMILES string of the molecule is C[C@]12CC[C@@H]3c4ccc(O)cc4CC[C@H]3[C@@H]1CC[C@@H]2O.C[C@]12CC[C@@H]3c4ccc(OC(=O)c5ccc6c(c5)OCCOCCOCCOCCOCCO6)cc4CC[C@H]3[C@@H]1CC[C@@H]2O.O=C(Cl)c1ccc2c(c1)OCCOCCOCCOCCOCCO2. The molecule has 2 aliphatic heterocycles. The maximum atomic E-state index is 13.3. The van der Waals surface area contributed by atoms with Gasteiger partial charge in [-0.15, -0.1) is 0 Å². The molecule has 8 aliphatic rings. The minimum Gasteiger partial charge on any atom is -0.508 e. The van der Waals surface area contributed by atoms with E-state index in [4.69, 9.17) is 73.2 Å². The Bertz CT molecular complexity index is 2910. The van der Waals surface area contributed by atoms with Crippen molar-refractivity contribution >= 4 is 22.8 Å². The summed E-state index contributed by atoms with van der Waals surface area (Å²) < 4.78 is 72.8. The van der Waals surface area contributed by atoms with Gasteiger partial charge in [-0.2, -0.15) is 0 Å². The molecule has 0 spiro atoms. The van der Waals surface area contributed by atoms with Crippen LogP contribution >= 0.6 is 11.6 Å². The van der Waals surface area contributed by atoms with Crippen LogP contribution in [-0.2, 0) is 50.7 Å². The molecular formula is C70H93ClO18. The van der Waals surface area contributed by atoms with Gasteiger partial charge in [-0.05, 0) is 218 Å². The Kier molecular flexibility index (Phi) is 24.7. The fraction of sp³-hybridized carbons (Fsp3) is 0.629. The quantitative estimate of drug-likeness (QED) is 0.0988. The lowest BCUT2D eigenvalue weighted by molar-refractivity contribution is -0.0226. The fourth-order valence-electron chi connectivity index (χ4n) is 15.4. The maximum absolute atomic E-state index is 13.3. The van der Waals surface area contributed by atoms with Gasteiger partial charge in [0.1, 0.15) is 37.9 Å². The molecule has 0 saturated heterocycles. The second kappa shape index (κ2) is 33.0. The number of phenolic OH excluding ortho intramolecular Hbond substituents is 1. The zero-order valence-electron chi connectivity index (χ0n) is 52.0. The van der Waals surface area contributed by atoms with Gasteiger partial charge >= 0.3 is 5.97 Å². The number of benzene rings is 4. The second-order valence-corrected chi connectivity index (χ2v) is 25.5. The highest BCUT2D eigenvalue weighted by atomic mass is 35.5. The number of aryl methyl sites for hydroxylation is 2. The van der Waals surface area contributed by atoms with E-state index < -0.39 is 11.2 Å². The Morgan fingerprint density at radius 1 is 0.438 bits per heavy atom. The van der Waals surface area contributed by atoms with Crippen molar-refractivity contribution in [2.24, 2.45) is 34.5 Å². The van der Waals surface area contributed by atoms with E-state index in [1.807, 2.05) is 24.3 Å². The van der Waals surface area contributed by atoms with Gasteiger partial charge < -0.3 is 76.9 Å². The lowest BCUT2D eigenvalue weighted by Gasteiger charge is -2.50. The number of ether oxygens (including phenoxy) is 13. The predicted molar refractivity (Wildman–Crippen MR) is 332 cm³/mol. The number of rotatable bonds is 3. The Balaban J connectivity index is 0.000000163. The zero-order valence-corrected chi connectivity index (χ0v) is 52.8. The van der Waals surface area contributed by atoms with E-state index in [1.165, 1.54) is 41.5 Å². The summed E-state index contributed by atoms with van der Waals surface area (Å²) in [4.78, 5) is 24.6. The first-order valence-electron chi connectivity index (χ1n) is 32.5. The number of halogens is 1. The first kappa shape index (κ1) is 66.8. The standard InChI is InChI=1S/C35H46O9.C18H24O2.C17H23ClO7/c1-35-11-10-28-27-6-4-26(22-24(27)2-5-29(28)30(35)7-9-33(35)36)44-34(37)25-3-8-31-32(23-25)43-21-19-41-17-15-39-13-12-38-14-16-40-18-20-42-31;1-18-9-8-14-13-5-3-12(19)10-11(13)2-4-15(14)16(18)6-7-17(18)20;18-17(19)14-1-2-15-16(13-14)25-12-10-23-8-6-21-4-3-20-5-7-22-9-11-24-15/h3-4,6,8,22-23,28-30,33,36H,2,5,7,9-21H2,1H3;3,5,10,14-17,19-20H,2,4,6-9H2,1H3;1-2,13H,3-12H2/t28-,29-,30+,33+,35+;14-,15-,16+,17+,18+;/m11./s1. The van der Waals surface area contributed by atoms with Gasteiger partial charge in [-0.3, -0.25) is 4.79 Å². The molecule has 488 valence electrons. The minimum absolute atomic E-state index is 0.0638. The zero-order chi connectivity index (χ0) is 62.0. The number of aliphatic hydroxyl groups is 2. The van der Waals surface area contributed by atoms with Crippen LogP contribution in [0.5, 0.6) is 34.5 Å². The van der Waals surface area contributed by atoms with Crippen LogP contribution in [0.2, 0.25) is 0 Å². The third-order valence-electron chi connectivity index (χ3n) is 20.0. The molecule has 10 atom stereocenters. The summed E-state index contributed by atoms with van der Waals surface area (Å²) in [6.45, 7) is 13.4. The summed E-state index contributed by atoms with van der Waals surface area (Å²) in [5.74, 6) is 6.25. The van der Waals surface area contributed by atoms with Crippen molar-refractivity contribution in [2.45, 2.75) is 115 Å². The van der Waals surface area contributed by atoms with Crippen LogP contribution in [0.3, 0.4) is 0 Å². The van der Waals surface area contributed by atoms with Gasteiger partial charge in [0.05, 0.1) is 123 Å². The highest BCUT2D eigenvalue weighted by Crippen LogP contribution is 2.62. The molecular weight excluding hydrogens is 1160 g/mol. The highest BCUT2D eigenvalue weighted by Gasteiger charge is 2.56. The second-order valence-electron chi connectivity index (χ2n) is 25.1. The number of carbonyl (C=O) groups is 2. The number of hydrogen-bond acceptors (Lipinski definition) is 18. The summed E-state index contributed by atoms with van der Waals surface area (Å²) in [5.41, 5.74) is 6.44. The molecule has 18 nitrogen and oxygen atoms in total. The Morgan fingerprint density at radius 2 is 0.820 bits per heavy atom. The number of fused-ring (bicyclic) bond motifs is 12. The van der Waals surface area contributed by atoms with Crippen LogP contribution in [0.4, 0.5) is 0 Å². The van der Waals surface area contributed by atoms with Crippen LogP contribution in [0, 0.1) is 34.5 Å². The first-order chi connectivity index (χ1) is 43.4. The lowest BCUT2D eigenvalue weighted by Crippen LogP contribution is -2.43. The average Bonchev–Trinajstić information content (AvgIpc) is 1.76. The maximum Gasteiger partial charge on any atom is 0.343 e. The molecule has 0 amide bonds. The monoisotopic (exact) mass is 1260 g/mol. The number of aromatic hydroxyl groups is 1. The molecule has 4 aromatic carbocycles. The number of esters is 1. The predicted octanol–water partition coefficient (Wildman–Crippen LogP) is 10.5. The number of aliphatic hydroxyl groups excluding tert-OH is 2. The van der Waals surface area contributed by atoms with Gasteiger partial charge in [-0.25, -0.2) is 4.79 Å². The van der Waals surface area contributed by atoms with Gasteiger partial charge in [0, 0.05) is 5.56 Å². The van der Waals surface area contributed by atoms with Gasteiger partial charge in [-0.1, -0.05) is 26.0 Å². The van der Waals surface area contributed by atoms with Crippen molar-refractivity contribution in [3.63, 3.8) is 0 Å². The molecule has 0 radical (unpaired) electrons. The summed E-state index contributed by atoms with van der Waals surface area (Å²) >= 11 is 5.52. The van der Waals surface area contributed by atoms with Crippen LogP contribution in [0.1, 0.15) is 133 Å². The van der Waals surface area contributed by atoms with Crippen molar-refractivity contribution in [1.82, 2.24) is 0 Å². The fourth-order valence-corrected chi connectivity index (χ4v) is 15.5. The highest BCUT2D eigenvalue weighted by molar-refractivity contribution is 6.67. The van der Waals surface area contributed by atoms with Crippen LogP contribution in [-0.4, -0.2) is 171 Å². The summed E-state index contributed by atoms with van der Waals surface area (Å²) in [6.07, 6.45) is 13.0. The van der Waals surface area contributed by atoms with Crippen molar-refractivity contribution in [3.05, 3.63) is 106 Å². The summed E-state index contributed by atoms with van der Waals surface area (Å²) in [6, 6.07) is 22.0. The first-order valence-corrected chi connectivity index (χ1v) is 32.9. The van der Waals surface area contributed by atoms with Gasteiger partial charge in [0.15, 0.2) is 23.0 Å². The largest absolute Gasteiger partial charge is 0.508 e. The van der Waals surface area contributed by atoms with E-state index in [1.54, 1.807) is 36.4 Å². The van der Waals surface area contributed by atoms with Gasteiger partial charge in [0.2, 0.25) is 0 Å². The third kappa shape index (κ3) is 17.3. The van der Waals surface area contributed by atoms with E-state index in [0.29, 0.717) is 207 Å². The molecule has 0 aromatic heterocycles. The molecule has 12 rings (SSSR count). The van der Waals surface area contributed by atoms with E-state index in [9.17, 15) is 24.9 Å². The molecule has 4 fully saturated rings. The minimum atomic E-state index is -0.553. The van der Waals surface area contributed by atoms with Gasteiger partial charge in [0.25, 0.3) is 5.24 Å². The molecule has 89 heavy (non-hydrogen) atoms. The smallest absolute Gasteiger partial charge is 0.343 e. The Hall–Kier alpha value is -5.09. The van der Waals surface area contributed by atoms with Crippen LogP contribution in [0.25, 0.3) is 0 Å². The Morgan fingerprint density at radius 3 is 1.26 bits per heavy atom.